The maximum absolute atomic E-state index is 5.95. The van der Waals surface area contributed by atoms with Crippen molar-refractivity contribution >= 4 is 21.5 Å². The van der Waals surface area contributed by atoms with Gasteiger partial charge in [0.1, 0.15) is 5.75 Å². The second-order valence-corrected chi connectivity index (χ2v) is 9.20. The number of hydrogen-bond donors (Lipinski definition) is 0. The molecule has 0 radical (unpaired) electrons. The maximum Gasteiger partial charge on any atom is 0.169 e. The average Bonchev–Trinajstić information content (AvgIpc) is 2.91. The summed E-state index contributed by atoms with van der Waals surface area (Å²) >= 11 is 0. The minimum absolute atomic E-state index is 0.0193. The number of likely N-dealkylation sites (N-methyl/N-ethyl adjacent to an activating group) is 1. The van der Waals surface area contributed by atoms with Crippen LogP contribution in [0.2, 0.25) is 0 Å². The van der Waals surface area contributed by atoms with Gasteiger partial charge in [0.15, 0.2) is 23.0 Å². The summed E-state index contributed by atoms with van der Waals surface area (Å²) in [4.78, 5) is 2.40. The molecule has 0 aromatic heterocycles. The molecular formula is C30H33NO5. The smallest absolute Gasteiger partial charge is 0.169 e. The molecule has 1 heterocycles. The van der Waals surface area contributed by atoms with Crippen LogP contribution in [-0.2, 0) is 6.42 Å². The van der Waals surface area contributed by atoms with Crippen LogP contribution in [0.5, 0.6) is 28.7 Å². The summed E-state index contributed by atoms with van der Waals surface area (Å²) in [5.74, 6) is 3.69. The normalized spacial score (nSPS) is 15.6. The summed E-state index contributed by atoms with van der Waals surface area (Å²) in [7, 11) is 10.6. The zero-order chi connectivity index (χ0) is 25.6. The summed E-state index contributed by atoms with van der Waals surface area (Å²) in [6, 6.07) is 15.0. The van der Waals surface area contributed by atoms with Crippen LogP contribution in [0.1, 0.15) is 28.3 Å². The van der Waals surface area contributed by atoms with E-state index < -0.39 is 0 Å². The van der Waals surface area contributed by atoms with Crippen LogP contribution in [-0.4, -0.2) is 54.0 Å². The quantitative estimate of drug-likeness (QED) is 0.315. The summed E-state index contributed by atoms with van der Waals surface area (Å²) in [6.45, 7) is 2.93. The lowest BCUT2D eigenvalue weighted by atomic mass is 9.84. The molecule has 1 atom stereocenters. The number of nitrogens with zero attached hydrogens (tertiary/aromatic N) is 1. The highest BCUT2D eigenvalue weighted by molar-refractivity contribution is 6.15. The van der Waals surface area contributed by atoms with E-state index >= 15 is 0 Å². The molecule has 0 fully saturated rings. The van der Waals surface area contributed by atoms with Crippen molar-refractivity contribution < 1.29 is 23.7 Å². The molecule has 5 rings (SSSR count). The molecule has 6 nitrogen and oxygen atoms in total. The van der Waals surface area contributed by atoms with Gasteiger partial charge in [-0.25, -0.2) is 0 Å². The van der Waals surface area contributed by atoms with Crippen molar-refractivity contribution in [1.82, 2.24) is 4.90 Å². The Bertz CT molecular complexity index is 1460. The van der Waals surface area contributed by atoms with Gasteiger partial charge in [0, 0.05) is 22.9 Å². The molecule has 4 aromatic carbocycles. The number of benzene rings is 4. The lowest BCUT2D eigenvalue weighted by molar-refractivity contribution is 0.264. The van der Waals surface area contributed by atoms with Gasteiger partial charge in [0.05, 0.1) is 41.6 Å². The van der Waals surface area contributed by atoms with E-state index in [0.717, 1.165) is 51.9 Å². The third-order valence-electron chi connectivity index (χ3n) is 7.46. The van der Waals surface area contributed by atoms with Crippen molar-refractivity contribution in [3.05, 3.63) is 64.7 Å². The van der Waals surface area contributed by atoms with Gasteiger partial charge in [-0.3, -0.25) is 4.90 Å². The van der Waals surface area contributed by atoms with Crippen LogP contribution < -0.4 is 23.7 Å². The Hall–Kier alpha value is -3.64. The predicted octanol–water partition coefficient (Wildman–Crippen LogP) is 5.92. The standard InChI is InChI=1S/C30H33NO5/c1-17-28(34-5)26-20-11-9-8-10-19(20)22(15-23(26)30(36-7)29(17)35-6)27-21-16-25(33-4)24(32-3)14-18(21)12-13-31(27)2/h8-11,14-16,27H,12-13H2,1-7H3. The van der Waals surface area contributed by atoms with Gasteiger partial charge in [0.25, 0.3) is 0 Å². The topological polar surface area (TPSA) is 49.4 Å². The summed E-state index contributed by atoms with van der Waals surface area (Å²) < 4.78 is 29.0. The number of rotatable bonds is 6. The zero-order valence-corrected chi connectivity index (χ0v) is 22.0. The third-order valence-corrected chi connectivity index (χ3v) is 7.46. The van der Waals surface area contributed by atoms with Gasteiger partial charge in [-0.2, -0.15) is 0 Å². The Morgan fingerprint density at radius 2 is 1.33 bits per heavy atom. The van der Waals surface area contributed by atoms with E-state index in [4.69, 9.17) is 23.7 Å². The highest BCUT2D eigenvalue weighted by atomic mass is 16.5. The SMILES string of the molecule is COc1cc2c(cc1OC)C(c1cc3c(OC)c(OC)c(C)c(OC)c3c3ccccc13)N(C)CC2. The Balaban J connectivity index is 1.91. The van der Waals surface area contributed by atoms with Crippen LogP contribution in [0.25, 0.3) is 21.5 Å². The Morgan fingerprint density at radius 1 is 0.694 bits per heavy atom. The van der Waals surface area contributed by atoms with E-state index in [2.05, 4.69) is 54.4 Å². The van der Waals surface area contributed by atoms with Crippen LogP contribution in [0.4, 0.5) is 0 Å². The fourth-order valence-electron chi connectivity index (χ4n) is 5.82. The van der Waals surface area contributed by atoms with Crippen molar-refractivity contribution in [2.45, 2.75) is 19.4 Å². The second kappa shape index (κ2) is 9.43. The second-order valence-electron chi connectivity index (χ2n) is 9.20. The molecule has 36 heavy (non-hydrogen) atoms. The fourth-order valence-corrected chi connectivity index (χ4v) is 5.82. The van der Waals surface area contributed by atoms with Gasteiger partial charge >= 0.3 is 0 Å². The molecule has 0 saturated heterocycles. The summed E-state index contributed by atoms with van der Waals surface area (Å²) in [5, 5.41) is 4.28. The highest BCUT2D eigenvalue weighted by Gasteiger charge is 2.31. The Kier molecular flexibility index (Phi) is 6.31. The van der Waals surface area contributed by atoms with Gasteiger partial charge < -0.3 is 23.7 Å². The molecule has 0 spiro atoms. The van der Waals surface area contributed by atoms with Gasteiger partial charge in [-0.05, 0) is 66.1 Å². The fraction of sp³-hybridized carbons (Fsp3) is 0.333. The van der Waals surface area contributed by atoms with Crippen LogP contribution in [0.3, 0.4) is 0 Å². The van der Waals surface area contributed by atoms with E-state index in [0.29, 0.717) is 11.5 Å². The zero-order valence-electron chi connectivity index (χ0n) is 22.0. The van der Waals surface area contributed by atoms with Crippen molar-refractivity contribution in [3.63, 3.8) is 0 Å². The molecule has 0 saturated carbocycles. The Labute approximate surface area is 212 Å². The minimum atomic E-state index is 0.0193. The first-order valence-electron chi connectivity index (χ1n) is 12.1. The van der Waals surface area contributed by atoms with Gasteiger partial charge in [0.2, 0.25) is 0 Å². The first-order valence-corrected chi connectivity index (χ1v) is 12.1. The molecule has 1 aliphatic heterocycles. The van der Waals surface area contributed by atoms with Crippen molar-refractivity contribution in [3.8, 4) is 28.7 Å². The number of hydrogen-bond acceptors (Lipinski definition) is 6. The minimum Gasteiger partial charge on any atom is -0.496 e. The molecule has 0 amide bonds. The van der Waals surface area contributed by atoms with Gasteiger partial charge in [-0.1, -0.05) is 24.3 Å². The average molecular weight is 488 g/mol. The first kappa shape index (κ1) is 24.1. The molecule has 1 unspecified atom stereocenters. The lowest BCUT2D eigenvalue weighted by Gasteiger charge is -2.36. The molecule has 1 aliphatic rings. The lowest BCUT2D eigenvalue weighted by Crippen LogP contribution is -2.33. The summed E-state index contributed by atoms with van der Waals surface area (Å²) in [5.41, 5.74) is 4.60. The number of methoxy groups -OCH3 is 5. The molecule has 4 aromatic rings. The van der Waals surface area contributed by atoms with E-state index in [-0.39, 0.29) is 6.04 Å². The van der Waals surface area contributed by atoms with E-state index in [1.54, 1.807) is 35.5 Å². The third kappa shape index (κ3) is 3.51. The molecule has 0 N–H and O–H groups in total. The molecular weight excluding hydrogens is 454 g/mol. The Morgan fingerprint density at radius 3 is 1.97 bits per heavy atom. The molecule has 0 bridgehead atoms. The number of fused-ring (bicyclic) bond motifs is 4. The molecule has 0 aliphatic carbocycles. The number of ether oxygens (including phenoxy) is 5. The molecule has 6 heteroatoms. The molecule has 188 valence electrons. The summed E-state index contributed by atoms with van der Waals surface area (Å²) in [6.07, 6.45) is 0.943. The maximum atomic E-state index is 5.95. The van der Waals surface area contributed by atoms with Crippen LogP contribution in [0.15, 0.2) is 42.5 Å². The van der Waals surface area contributed by atoms with Crippen molar-refractivity contribution in [2.24, 2.45) is 0 Å². The van der Waals surface area contributed by atoms with Crippen LogP contribution >= 0.6 is 0 Å². The largest absolute Gasteiger partial charge is 0.496 e. The highest BCUT2D eigenvalue weighted by Crippen LogP contribution is 2.50. The van der Waals surface area contributed by atoms with E-state index in [1.807, 2.05) is 6.92 Å². The van der Waals surface area contributed by atoms with E-state index in [1.165, 1.54) is 22.1 Å². The monoisotopic (exact) mass is 487 g/mol. The van der Waals surface area contributed by atoms with Crippen molar-refractivity contribution in [1.29, 1.82) is 0 Å². The van der Waals surface area contributed by atoms with Crippen LogP contribution in [0, 0.1) is 6.92 Å². The van der Waals surface area contributed by atoms with Gasteiger partial charge in [-0.15, -0.1) is 0 Å². The first-order chi connectivity index (χ1) is 17.5. The predicted molar refractivity (Wildman–Crippen MR) is 144 cm³/mol. The van der Waals surface area contributed by atoms with E-state index in [9.17, 15) is 0 Å². The van der Waals surface area contributed by atoms with Crippen molar-refractivity contribution in [2.75, 3.05) is 49.1 Å².